The average Bonchev–Trinajstić information content (AvgIpc) is 3.38. The van der Waals surface area contributed by atoms with E-state index in [1.807, 2.05) is 52.0 Å². The van der Waals surface area contributed by atoms with Crippen molar-refractivity contribution in [2.24, 2.45) is 0 Å². The van der Waals surface area contributed by atoms with Crippen LogP contribution in [0.1, 0.15) is 60.8 Å². The van der Waals surface area contributed by atoms with Gasteiger partial charge >= 0.3 is 19.2 Å². The molecule has 206 valence electrons. The summed E-state index contributed by atoms with van der Waals surface area (Å²) in [5.74, 6) is -0.612. The van der Waals surface area contributed by atoms with Gasteiger partial charge in [0.1, 0.15) is 6.61 Å². The maximum Gasteiger partial charge on any atom is 0.492 e. The molecule has 2 heterocycles. The largest absolute Gasteiger partial charge is 0.492 e. The minimum atomic E-state index is -0.760. The molecule has 0 atom stereocenters. The van der Waals surface area contributed by atoms with Crippen molar-refractivity contribution >= 4 is 25.3 Å². The Labute approximate surface area is 234 Å². The lowest BCUT2D eigenvalue weighted by Crippen LogP contribution is -2.41. The van der Waals surface area contributed by atoms with E-state index in [-0.39, 0.29) is 24.8 Å². The van der Waals surface area contributed by atoms with Gasteiger partial charge in [0.05, 0.1) is 18.3 Å². The number of rotatable bonds is 7. The smallest absolute Gasteiger partial charge is 0.464 e. The zero-order valence-corrected chi connectivity index (χ0v) is 23.4. The number of carbonyl (C=O) groups excluding carboxylic acids is 2. The second kappa shape index (κ2) is 10.9. The highest BCUT2D eigenvalue weighted by Crippen LogP contribution is 2.44. The molecule has 0 unspecified atom stereocenters. The van der Waals surface area contributed by atoms with Crippen LogP contribution in [0.15, 0.2) is 72.3 Å². The lowest BCUT2D eigenvalue weighted by molar-refractivity contribution is 0.00578. The molecular formula is C31H33BN2O6. The van der Waals surface area contributed by atoms with Crippen LogP contribution in [-0.2, 0) is 18.8 Å². The number of esters is 1. The van der Waals surface area contributed by atoms with Crippen molar-refractivity contribution in [1.29, 1.82) is 0 Å². The third-order valence-corrected chi connectivity index (χ3v) is 7.90. The van der Waals surface area contributed by atoms with Crippen molar-refractivity contribution in [3.8, 4) is 11.1 Å². The van der Waals surface area contributed by atoms with Crippen LogP contribution in [0.4, 0.5) is 4.79 Å². The maximum absolute atomic E-state index is 12.9. The van der Waals surface area contributed by atoms with Crippen LogP contribution in [-0.4, -0.2) is 55.6 Å². The molecule has 1 saturated heterocycles. The molecule has 2 aromatic carbocycles. The van der Waals surface area contributed by atoms with E-state index in [0.717, 1.165) is 22.3 Å². The Bertz CT molecular complexity index is 1410. The Kier molecular flexibility index (Phi) is 7.53. The molecule has 1 aliphatic heterocycles. The minimum absolute atomic E-state index is 0.0470. The number of nitrogens with one attached hydrogen (secondary N) is 1. The summed E-state index contributed by atoms with van der Waals surface area (Å²) in [5, 5.41) is 2.84. The van der Waals surface area contributed by atoms with Gasteiger partial charge in [0.25, 0.3) is 0 Å². The fourth-order valence-electron chi connectivity index (χ4n) is 5.02. The van der Waals surface area contributed by atoms with Gasteiger partial charge in [0, 0.05) is 24.2 Å². The van der Waals surface area contributed by atoms with E-state index < -0.39 is 30.4 Å². The number of alkyl carbamates (subject to hydrolysis) is 1. The topological polar surface area (TPSA) is 96.0 Å². The Morgan fingerprint density at radius 1 is 0.950 bits per heavy atom. The van der Waals surface area contributed by atoms with E-state index in [0.29, 0.717) is 11.0 Å². The van der Waals surface area contributed by atoms with Crippen LogP contribution < -0.4 is 5.32 Å². The number of carbonyl (C=O) groups is 2. The average molecular weight is 540 g/mol. The van der Waals surface area contributed by atoms with Crippen LogP contribution in [0.25, 0.3) is 17.2 Å². The quantitative estimate of drug-likeness (QED) is 0.316. The number of amides is 1. The molecule has 1 amide bonds. The number of methoxy groups -OCH3 is 1. The van der Waals surface area contributed by atoms with Gasteiger partial charge in [-0.2, -0.15) is 0 Å². The lowest BCUT2D eigenvalue weighted by Gasteiger charge is -2.32. The molecule has 40 heavy (non-hydrogen) atoms. The van der Waals surface area contributed by atoms with Crippen molar-refractivity contribution in [2.45, 2.75) is 44.8 Å². The van der Waals surface area contributed by atoms with Crippen LogP contribution in [0.3, 0.4) is 0 Å². The summed E-state index contributed by atoms with van der Waals surface area (Å²) in [6.07, 6.45) is 2.70. The van der Waals surface area contributed by atoms with Gasteiger partial charge in [-0.15, -0.1) is 0 Å². The SMILES string of the molecule is COC(=O)c1ncccc1C=C(CNC(=O)OCC1c2ccccc2-c2ccccc21)B1OC(C)(C)C(C)(C)O1. The lowest BCUT2D eigenvalue weighted by atomic mass is 9.77. The zero-order chi connectivity index (χ0) is 28.5. The van der Waals surface area contributed by atoms with Gasteiger partial charge in [-0.05, 0) is 61.5 Å². The summed E-state index contributed by atoms with van der Waals surface area (Å²) in [7, 11) is 0.544. The standard InChI is InChI=1S/C31H33BN2O6/c1-30(2)31(3,4)40-32(39-30)21(17-20-11-10-16-33-27(20)28(35)37-5)18-34-29(36)38-19-26-24-14-8-6-12-22(24)23-13-7-9-15-25(23)26/h6-17,26H,18-19H2,1-5H3,(H,34,36). The predicted molar refractivity (Wildman–Crippen MR) is 153 cm³/mol. The van der Waals surface area contributed by atoms with Gasteiger partial charge in [0.15, 0.2) is 5.69 Å². The van der Waals surface area contributed by atoms with E-state index in [1.165, 1.54) is 13.3 Å². The van der Waals surface area contributed by atoms with Gasteiger partial charge in [-0.25, -0.2) is 14.6 Å². The molecule has 1 aromatic heterocycles. The number of hydrogen-bond donors (Lipinski definition) is 1. The summed E-state index contributed by atoms with van der Waals surface area (Å²) in [6, 6.07) is 19.8. The van der Waals surface area contributed by atoms with Gasteiger partial charge < -0.3 is 24.1 Å². The number of nitrogens with zero attached hydrogens (tertiary/aromatic N) is 1. The number of hydrogen-bond acceptors (Lipinski definition) is 7. The van der Waals surface area contributed by atoms with Crippen LogP contribution >= 0.6 is 0 Å². The van der Waals surface area contributed by atoms with Gasteiger partial charge in [-0.1, -0.05) is 60.7 Å². The fraction of sp³-hybridized carbons (Fsp3) is 0.323. The first-order chi connectivity index (χ1) is 19.1. The zero-order valence-electron chi connectivity index (χ0n) is 23.4. The third-order valence-electron chi connectivity index (χ3n) is 7.90. The highest BCUT2D eigenvalue weighted by atomic mass is 16.7. The van der Waals surface area contributed by atoms with E-state index >= 15 is 0 Å². The third kappa shape index (κ3) is 5.27. The molecule has 1 fully saturated rings. The number of ether oxygens (including phenoxy) is 2. The molecule has 0 radical (unpaired) electrons. The highest BCUT2D eigenvalue weighted by Gasteiger charge is 2.52. The van der Waals surface area contributed by atoms with Crippen LogP contribution in [0.2, 0.25) is 0 Å². The number of aromatic nitrogens is 1. The van der Waals surface area contributed by atoms with Crippen LogP contribution in [0, 0.1) is 0 Å². The normalized spacial score (nSPS) is 17.2. The Balaban J connectivity index is 1.34. The second-order valence-corrected chi connectivity index (χ2v) is 10.9. The van der Waals surface area contributed by atoms with Crippen molar-refractivity contribution in [2.75, 3.05) is 20.3 Å². The van der Waals surface area contributed by atoms with E-state index in [4.69, 9.17) is 18.8 Å². The molecule has 1 aliphatic carbocycles. The molecule has 8 nitrogen and oxygen atoms in total. The molecule has 2 aliphatic rings. The van der Waals surface area contributed by atoms with E-state index in [1.54, 1.807) is 18.2 Å². The molecule has 3 aromatic rings. The molecule has 5 rings (SSSR count). The maximum atomic E-state index is 12.9. The number of benzene rings is 2. The summed E-state index contributed by atoms with van der Waals surface area (Å²) >= 11 is 0. The van der Waals surface area contributed by atoms with E-state index in [2.05, 4.69) is 34.6 Å². The van der Waals surface area contributed by atoms with Crippen LogP contribution in [0.5, 0.6) is 0 Å². The summed E-state index contributed by atoms with van der Waals surface area (Å²) in [5.41, 5.74) is 4.69. The molecule has 1 N–H and O–H groups in total. The van der Waals surface area contributed by atoms with E-state index in [9.17, 15) is 9.59 Å². The van der Waals surface area contributed by atoms with Crippen molar-refractivity contribution in [3.05, 3.63) is 94.7 Å². The van der Waals surface area contributed by atoms with Crippen molar-refractivity contribution in [1.82, 2.24) is 10.3 Å². The monoisotopic (exact) mass is 540 g/mol. The fourth-order valence-corrected chi connectivity index (χ4v) is 5.02. The Morgan fingerprint density at radius 3 is 2.15 bits per heavy atom. The predicted octanol–water partition coefficient (Wildman–Crippen LogP) is 5.42. The molecular weight excluding hydrogens is 507 g/mol. The Morgan fingerprint density at radius 2 is 1.55 bits per heavy atom. The van der Waals surface area contributed by atoms with Crippen molar-refractivity contribution < 1.29 is 28.4 Å². The minimum Gasteiger partial charge on any atom is -0.464 e. The van der Waals surface area contributed by atoms with Gasteiger partial charge in [-0.3, -0.25) is 0 Å². The second-order valence-electron chi connectivity index (χ2n) is 10.9. The highest BCUT2D eigenvalue weighted by molar-refractivity contribution is 6.56. The van der Waals surface area contributed by atoms with Crippen molar-refractivity contribution in [3.63, 3.8) is 0 Å². The molecule has 0 spiro atoms. The first-order valence-corrected chi connectivity index (χ1v) is 13.3. The summed E-state index contributed by atoms with van der Waals surface area (Å²) in [4.78, 5) is 29.5. The first-order valence-electron chi connectivity index (χ1n) is 13.3. The number of fused-ring (bicyclic) bond motifs is 3. The Hall–Kier alpha value is -3.95. The summed E-state index contributed by atoms with van der Waals surface area (Å²) in [6.45, 7) is 8.08. The first kappa shape index (κ1) is 27.6. The number of pyridine rings is 1. The summed E-state index contributed by atoms with van der Waals surface area (Å²) < 4.78 is 23.1. The molecule has 9 heteroatoms. The molecule has 0 saturated carbocycles. The molecule has 0 bridgehead atoms. The van der Waals surface area contributed by atoms with Gasteiger partial charge in [0.2, 0.25) is 0 Å².